The maximum absolute atomic E-state index is 12.2. The van der Waals surface area contributed by atoms with Crippen molar-refractivity contribution in [1.29, 1.82) is 0 Å². The van der Waals surface area contributed by atoms with E-state index in [2.05, 4.69) is 30.4 Å². The van der Waals surface area contributed by atoms with E-state index < -0.39 is 23.8 Å². The molecule has 1 aromatic heterocycles. The third kappa shape index (κ3) is 3.97. The van der Waals surface area contributed by atoms with E-state index >= 15 is 0 Å². The summed E-state index contributed by atoms with van der Waals surface area (Å²) in [6, 6.07) is 1.38. The summed E-state index contributed by atoms with van der Waals surface area (Å²) in [5.74, 6) is -1.64. The summed E-state index contributed by atoms with van der Waals surface area (Å²) in [7, 11) is 1.05. The number of pyridine rings is 1. The van der Waals surface area contributed by atoms with Crippen molar-refractivity contribution in [3.8, 4) is 5.75 Å². The first-order valence-electron chi connectivity index (χ1n) is 4.38. The van der Waals surface area contributed by atoms with Crippen molar-refractivity contribution in [2.24, 2.45) is 0 Å². The van der Waals surface area contributed by atoms with Crippen LogP contribution in [-0.4, -0.2) is 24.4 Å². The van der Waals surface area contributed by atoms with Gasteiger partial charge in [0.15, 0.2) is 11.4 Å². The summed E-state index contributed by atoms with van der Waals surface area (Å²) >= 11 is 4.73. The topological polar surface area (TPSA) is 48.4 Å². The predicted octanol–water partition coefficient (Wildman–Crippen LogP) is 3.27. The average Bonchev–Trinajstić information content (AvgIpc) is 2.28. The second-order valence-electron chi connectivity index (χ2n) is 2.95. The molecule has 0 amide bonds. The Morgan fingerprint density at radius 3 is 2.61 bits per heavy atom. The maximum Gasteiger partial charge on any atom is 0.573 e. The van der Waals surface area contributed by atoms with Gasteiger partial charge in [-0.3, -0.25) is 0 Å². The third-order valence-electron chi connectivity index (χ3n) is 1.71. The van der Waals surface area contributed by atoms with Crippen molar-refractivity contribution in [3.63, 3.8) is 0 Å². The van der Waals surface area contributed by atoms with Crippen LogP contribution in [0.25, 0.3) is 0 Å². The molecule has 1 rings (SSSR count). The highest BCUT2D eigenvalue weighted by Gasteiger charge is 2.35. The normalized spacial score (nSPS) is 11.2. The second kappa shape index (κ2) is 6.04. The van der Waals surface area contributed by atoms with Gasteiger partial charge in [0.2, 0.25) is 0 Å². The van der Waals surface area contributed by atoms with Gasteiger partial charge in [0.25, 0.3) is 0 Å². The minimum atomic E-state index is -4.90. The van der Waals surface area contributed by atoms with Gasteiger partial charge in [-0.2, -0.15) is 0 Å². The minimum absolute atomic E-state index is 0.120. The molecule has 0 spiro atoms. The van der Waals surface area contributed by atoms with Crippen molar-refractivity contribution in [1.82, 2.24) is 4.98 Å². The van der Waals surface area contributed by atoms with Crippen molar-refractivity contribution < 1.29 is 27.4 Å². The van der Waals surface area contributed by atoms with Crippen LogP contribution in [0.5, 0.6) is 5.75 Å². The number of alkyl halides is 4. The van der Waals surface area contributed by atoms with Crippen molar-refractivity contribution in [2.45, 2.75) is 11.7 Å². The van der Waals surface area contributed by atoms with Crippen LogP contribution in [0.2, 0.25) is 0 Å². The summed E-state index contributed by atoms with van der Waals surface area (Å²) in [5.41, 5.74) is -0.106. The standard InChI is InChI=1S/C9H6BrF3INO3/c1-17-8(16)6-7(18-9(11,12)13)5(14)2-4(3-10)15-6/h2H,3H2,1H3. The van der Waals surface area contributed by atoms with Crippen molar-refractivity contribution in [3.05, 3.63) is 21.0 Å². The maximum atomic E-state index is 12.2. The van der Waals surface area contributed by atoms with Gasteiger partial charge in [-0.05, 0) is 28.7 Å². The number of aromatic nitrogens is 1. The molecule has 0 N–H and O–H groups in total. The molecule has 0 fully saturated rings. The molecule has 4 nitrogen and oxygen atoms in total. The number of methoxy groups -OCH3 is 1. The molecular formula is C9H6BrF3INO3. The number of hydrogen-bond donors (Lipinski definition) is 0. The molecule has 0 saturated carbocycles. The van der Waals surface area contributed by atoms with E-state index in [9.17, 15) is 18.0 Å². The molecule has 9 heteroatoms. The van der Waals surface area contributed by atoms with Crippen molar-refractivity contribution >= 4 is 44.5 Å². The highest BCUT2D eigenvalue weighted by Crippen LogP contribution is 2.31. The Morgan fingerprint density at radius 1 is 1.56 bits per heavy atom. The molecule has 0 unspecified atom stereocenters. The zero-order valence-corrected chi connectivity index (χ0v) is 12.6. The molecule has 18 heavy (non-hydrogen) atoms. The van der Waals surface area contributed by atoms with E-state index in [1.807, 2.05) is 0 Å². The fraction of sp³-hybridized carbons (Fsp3) is 0.333. The summed E-state index contributed by atoms with van der Waals surface area (Å²) in [4.78, 5) is 15.1. The van der Waals surface area contributed by atoms with Crippen molar-refractivity contribution in [2.75, 3.05) is 7.11 Å². The SMILES string of the molecule is COC(=O)c1nc(CBr)cc(I)c1OC(F)(F)F. The van der Waals surface area contributed by atoms with Gasteiger partial charge < -0.3 is 9.47 Å². The lowest BCUT2D eigenvalue weighted by molar-refractivity contribution is -0.275. The summed E-state index contributed by atoms with van der Waals surface area (Å²) in [6.45, 7) is 0. The first kappa shape index (κ1) is 15.5. The first-order valence-corrected chi connectivity index (χ1v) is 6.58. The number of ether oxygens (including phenoxy) is 2. The number of carbonyl (C=O) groups is 1. The zero-order valence-electron chi connectivity index (χ0n) is 8.85. The van der Waals surface area contributed by atoms with Crippen LogP contribution < -0.4 is 4.74 Å². The van der Waals surface area contributed by atoms with Crippen LogP contribution >= 0.6 is 38.5 Å². The smallest absolute Gasteiger partial charge is 0.464 e. The molecule has 0 radical (unpaired) electrons. The number of halogens is 5. The molecule has 0 aliphatic carbocycles. The van der Waals surface area contributed by atoms with E-state index in [0.717, 1.165) is 7.11 Å². The molecule has 0 aromatic carbocycles. The van der Waals surface area contributed by atoms with E-state index in [-0.39, 0.29) is 3.57 Å². The minimum Gasteiger partial charge on any atom is -0.464 e. The predicted molar refractivity (Wildman–Crippen MR) is 67.6 cm³/mol. The first-order chi connectivity index (χ1) is 8.28. The van der Waals surface area contributed by atoms with Crippen LogP contribution in [0.1, 0.15) is 16.2 Å². The monoisotopic (exact) mass is 439 g/mol. The number of rotatable bonds is 3. The van der Waals surface area contributed by atoms with E-state index in [4.69, 9.17) is 0 Å². The van der Waals surface area contributed by atoms with Crippen LogP contribution in [0.15, 0.2) is 6.07 Å². The molecule has 0 aliphatic heterocycles. The van der Waals surface area contributed by atoms with E-state index in [0.29, 0.717) is 11.0 Å². The molecule has 100 valence electrons. The molecule has 0 aliphatic rings. The molecule has 1 aromatic rings. The molecule has 1 heterocycles. The Hall–Kier alpha value is -0.580. The highest BCUT2D eigenvalue weighted by molar-refractivity contribution is 14.1. The Balaban J connectivity index is 3.33. The van der Waals surface area contributed by atoms with Crippen LogP contribution in [0.3, 0.4) is 0 Å². The van der Waals surface area contributed by atoms with Gasteiger partial charge in [0.1, 0.15) is 0 Å². The van der Waals surface area contributed by atoms with Crippen LogP contribution in [0.4, 0.5) is 13.2 Å². The van der Waals surface area contributed by atoms with Gasteiger partial charge >= 0.3 is 12.3 Å². The lowest BCUT2D eigenvalue weighted by atomic mass is 10.3. The molecule has 0 bridgehead atoms. The lowest BCUT2D eigenvalue weighted by Gasteiger charge is -2.14. The fourth-order valence-corrected chi connectivity index (χ4v) is 2.08. The number of carbonyl (C=O) groups excluding carboxylic acids is 1. The summed E-state index contributed by atoms with van der Waals surface area (Å²) in [6.07, 6.45) is -4.90. The van der Waals surface area contributed by atoms with Gasteiger partial charge in [-0.15, -0.1) is 13.2 Å². The molecular weight excluding hydrogens is 434 g/mol. The Morgan fingerprint density at radius 2 is 2.17 bits per heavy atom. The van der Waals surface area contributed by atoms with Gasteiger partial charge in [-0.1, -0.05) is 15.9 Å². The highest BCUT2D eigenvalue weighted by atomic mass is 127. The van der Waals surface area contributed by atoms with E-state index in [1.54, 1.807) is 22.6 Å². The Bertz CT molecular complexity index is 467. The zero-order chi connectivity index (χ0) is 13.9. The summed E-state index contributed by atoms with van der Waals surface area (Å²) in [5, 5.41) is 0.291. The largest absolute Gasteiger partial charge is 0.573 e. The Labute approximate surface area is 122 Å². The average molecular weight is 440 g/mol. The van der Waals surface area contributed by atoms with Gasteiger partial charge in [-0.25, -0.2) is 9.78 Å². The number of nitrogens with zero attached hydrogens (tertiary/aromatic N) is 1. The van der Waals surface area contributed by atoms with Gasteiger partial charge in [0.05, 0.1) is 16.4 Å². The fourth-order valence-electron chi connectivity index (χ4n) is 1.07. The summed E-state index contributed by atoms with van der Waals surface area (Å²) < 4.78 is 45.0. The van der Waals surface area contributed by atoms with Crippen LogP contribution in [0, 0.1) is 3.57 Å². The van der Waals surface area contributed by atoms with E-state index in [1.165, 1.54) is 6.07 Å². The third-order valence-corrected chi connectivity index (χ3v) is 3.09. The van der Waals surface area contributed by atoms with Gasteiger partial charge in [0, 0.05) is 5.33 Å². The molecule has 0 atom stereocenters. The lowest BCUT2D eigenvalue weighted by Crippen LogP contribution is -2.21. The molecule has 0 saturated heterocycles. The Kier molecular flexibility index (Phi) is 5.20. The number of hydrogen-bond acceptors (Lipinski definition) is 4. The van der Waals surface area contributed by atoms with Crippen LogP contribution in [-0.2, 0) is 10.1 Å². The quantitative estimate of drug-likeness (QED) is 0.412. The second-order valence-corrected chi connectivity index (χ2v) is 4.67. The number of esters is 1.